The Morgan fingerprint density at radius 1 is 0.905 bits per heavy atom. The third-order valence-electron chi connectivity index (χ3n) is 8.82. The number of carbonyl (C=O) groups excluding carboxylic acids is 2. The van der Waals surface area contributed by atoms with Crippen LogP contribution in [0.25, 0.3) is 0 Å². The van der Waals surface area contributed by atoms with Gasteiger partial charge >= 0.3 is 0 Å². The lowest BCUT2D eigenvalue weighted by atomic mass is 9.89. The number of aryl methyl sites for hydroxylation is 1. The molecule has 230 valence electrons. The molecule has 1 aliphatic carbocycles. The van der Waals surface area contributed by atoms with Crippen LogP contribution in [0.3, 0.4) is 0 Å². The molecule has 2 aromatic carbocycles. The summed E-state index contributed by atoms with van der Waals surface area (Å²) in [5.74, 6) is 0.986. The molecular formula is C33H47N3O5S. The van der Waals surface area contributed by atoms with Crippen LogP contribution < -0.4 is 4.74 Å². The summed E-state index contributed by atoms with van der Waals surface area (Å²) in [7, 11) is -1.91. The lowest BCUT2D eigenvalue weighted by molar-refractivity contribution is -0.137. The van der Waals surface area contributed by atoms with E-state index in [1.54, 1.807) is 14.0 Å². The molecule has 0 spiro atoms. The topological polar surface area (TPSA) is 87.2 Å². The molecule has 2 amide bonds. The van der Waals surface area contributed by atoms with Crippen LogP contribution >= 0.6 is 0 Å². The van der Waals surface area contributed by atoms with Crippen molar-refractivity contribution in [2.45, 2.75) is 77.3 Å². The van der Waals surface area contributed by atoms with Gasteiger partial charge < -0.3 is 14.5 Å². The summed E-state index contributed by atoms with van der Waals surface area (Å²) in [6, 6.07) is 17.6. The lowest BCUT2D eigenvalue weighted by Crippen LogP contribution is -2.52. The molecule has 2 fully saturated rings. The van der Waals surface area contributed by atoms with Crippen molar-refractivity contribution in [3.63, 3.8) is 0 Å². The van der Waals surface area contributed by atoms with Crippen molar-refractivity contribution >= 4 is 21.8 Å². The van der Waals surface area contributed by atoms with Crippen molar-refractivity contribution in [3.05, 3.63) is 65.7 Å². The molecule has 42 heavy (non-hydrogen) atoms. The van der Waals surface area contributed by atoms with E-state index in [2.05, 4.69) is 0 Å². The van der Waals surface area contributed by atoms with Gasteiger partial charge in [-0.25, -0.2) is 8.42 Å². The molecule has 9 heteroatoms. The second-order valence-corrected chi connectivity index (χ2v) is 13.9. The average Bonchev–Trinajstić information content (AvgIpc) is 3.03. The van der Waals surface area contributed by atoms with Crippen LogP contribution in [0.1, 0.15) is 69.4 Å². The second-order valence-electron chi connectivity index (χ2n) is 11.7. The molecule has 1 aliphatic heterocycles. The molecule has 0 N–H and O–H groups in total. The number of benzene rings is 2. The number of likely N-dealkylation sites (tertiary alicyclic amines) is 1. The highest BCUT2D eigenvalue weighted by Gasteiger charge is 2.33. The fourth-order valence-electron chi connectivity index (χ4n) is 6.19. The van der Waals surface area contributed by atoms with E-state index in [0.717, 1.165) is 42.6 Å². The summed E-state index contributed by atoms with van der Waals surface area (Å²) < 4.78 is 33.0. The van der Waals surface area contributed by atoms with Gasteiger partial charge in [-0.2, -0.15) is 4.31 Å². The van der Waals surface area contributed by atoms with E-state index < -0.39 is 10.0 Å². The zero-order valence-electron chi connectivity index (χ0n) is 25.2. The van der Waals surface area contributed by atoms with Gasteiger partial charge in [0.05, 0.1) is 19.4 Å². The van der Waals surface area contributed by atoms with Gasteiger partial charge in [0, 0.05) is 38.6 Å². The summed E-state index contributed by atoms with van der Waals surface area (Å²) in [4.78, 5) is 30.7. The molecule has 0 unspecified atom stereocenters. The summed E-state index contributed by atoms with van der Waals surface area (Å²) in [5, 5.41) is 0. The van der Waals surface area contributed by atoms with E-state index in [4.69, 9.17) is 4.74 Å². The van der Waals surface area contributed by atoms with E-state index >= 15 is 0 Å². The Hall–Kier alpha value is -2.91. The summed E-state index contributed by atoms with van der Waals surface area (Å²) >= 11 is 0. The lowest BCUT2D eigenvalue weighted by Gasteiger charge is -2.39. The zero-order chi connectivity index (χ0) is 30.0. The fourth-order valence-corrected chi connectivity index (χ4v) is 7.30. The van der Waals surface area contributed by atoms with Gasteiger partial charge in [-0.3, -0.25) is 9.59 Å². The van der Waals surface area contributed by atoms with Crippen molar-refractivity contribution in [1.29, 1.82) is 0 Å². The number of methoxy groups -OCH3 is 1. The quantitative estimate of drug-likeness (QED) is 0.329. The van der Waals surface area contributed by atoms with Gasteiger partial charge in [-0.1, -0.05) is 61.7 Å². The molecule has 4 rings (SSSR count). The van der Waals surface area contributed by atoms with Gasteiger partial charge in [0.1, 0.15) is 5.75 Å². The average molecular weight is 598 g/mol. The largest absolute Gasteiger partial charge is 0.497 e. The van der Waals surface area contributed by atoms with Crippen molar-refractivity contribution in [1.82, 2.24) is 14.1 Å². The normalized spacial score (nSPS) is 16.9. The number of piperidine rings is 1. The van der Waals surface area contributed by atoms with Crippen molar-refractivity contribution < 1.29 is 22.7 Å². The van der Waals surface area contributed by atoms with Gasteiger partial charge in [-0.05, 0) is 68.2 Å². The van der Waals surface area contributed by atoms with Crippen molar-refractivity contribution in [2.24, 2.45) is 5.92 Å². The standard InChI is InChI=1S/C33H47N3O5S/c1-3-42(39,40)35(24-28-12-8-5-9-13-28)26-33(38)36(25-29-14-17-31(41-2)18-15-29)30-20-22-34(23-21-30)32(37)19-16-27-10-6-4-7-11-27/h4,6-7,10-11,14-15,17-18,28,30H,3,5,8-9,12-13,16,19-26H2,1-2H3. The maximum Gasteiger partial charge on any atom is 0.238 e. The maximum absolute atomic E-state index is 14.0. The first-order valence-electron chi connectivity index (χ1n) is 15.5. The second kappa shape index (κ2) is 15.5. The Kier molecular flexibility index (Phi) is 11.8. The number of rotatable bonds is 13. The molecule has 8 nitrogen and oxygen atoms in total. The molecule has 0 radical (unpaired) electrons. The summed E-state index contributed by atoms with van der Waals surface area (Å²) in [5.41, 5.74) is 2.11. The molecule has 0 bridgehead atoms. The Bertz CT molecular complexity index is 1240. The van der Waals surface area contributed by atoms with Crippen LogP contribution in [-0.2, 0) is 32.6 Å². The van der Waals surface area contributed by atoms with E-state index in [0.29, 0.717) is 57.8 Å². The molecule has 0 atom stereocenters. The fraction of sp³-hybridized carbons (Fsp3) is 0.576. The molecule has 2 aliphatic rings. The van der Waals surface area contributed by atoms with Gasteiger partial charge in [0.15, 0.2) is 0 Å². The number of hydrogen-bond acceptors (Lipinski definition) is 5. The minimum Gasteiger partial charge on any atom is -0.497 e. The van der Waals surface area contributed by atoms with Crippen molar-refractivity contribution in [3.8, 4) is 5.75 Å². The number of ether oxygens (including phenoxy) is 1. The number of sulfonamides is 1. The minimum absolute atomic E-state index is 0.0189. The predicted molar refractivity (Wildman–Crippen MR) is 166 cm³/mol. The van der Waals surface area contributed by atoms with E-state index in [9.17, 15) is 18.0 Å². The number of amides is 2. The number of carbonyl (C=O) groups is 2. The smallest absolute Gasteiger partial charge is 0.238 e. The Labute approximate surface area is 252 Å². The first kappa shape index (κ1) is 32.0. The minimum atomic E-state index is -3.53. The highest BCUT2D eigenvalue weighted by Crippen LogP contribution is 2.26. The monoisotopic (exact) mass is 597 g/mol. The number of nitrogens with zero attached hydrogens (tertiary/aromatic N) is 3. The van der Waals surface area contributed by atoms with Gasteiger partial charge in [0.2, 0.25) is 21.8 Å². The van der Waals surface area contributed by atoms with E-state index in [1.807, 2.05) is 64.4 Å². The van der Waals surface area contributed by atoms with Crippen molar-refractivity contribution in [2.75, 3.05) is 39.0 Å². The highest BCUT2D eigenvalue weighted by atomic mass is 32.2. The molecule has 1 saturated heterocycles. The zero-order valence-corrected chi connectivity index (χ0v) is 26.1. The molecule has 1 saturated carbocycles. The van der Waals surface area contributed by atoms with Crippen LogP contribution in [0, 0.1) is 5.92 Å². The Morgan fingerprint density at radius 3 is 2.19 bits per heavy atom. The van der Waals surface area contributed by atoms with E-state index in [-0.39, 0.29) is 30.2 Å². The molecular weight excluding hydrogens is 550 g/mol. The van der Waals surface area contributed by atoms with E-state index in [1.165, 1.54) is 10.7 Å². The molecule has 0 aromatic heterocycles. The van der Waals surface area contributed by atoms with Crippen LogP contribution in [-0.4, -0.2) is 79.4 Å². The SMILES string of the molecule is CCS(=O)(=O)N(CC(=O)N(Cc1ccc(OC)cc1)C1CCN(C(=O)CCc2ccccc2)CC1)CC1CCCCC1. The predicted octanol–water partition coefficient (Wildman–Crippen LogP) is 4.88. The Morgan fingerprint density at radius 2 is 1.57 bits per heavy atom. The van der Waals surface area contributed by atoms with Crippen LogP contribution in [0.15, 0.2) is 54.6 Å². The molecule has 2 aromatic rings. The van der Waals surface area contributed by atoms with Gasteiger partial charge in [-0.15, -0.1) is 0 Å². The third-order valence-corrected chi connectivity index (χ3v) is 10.6. The van der Waals surface area contributed by atoms with Gasteiger partial charge in [0.25, 0.3) is 0 Å². The summed E-state index contributed by atoms with van der Waals surface area (Å²) in [6.07, 6.45) is 7.96. The third kappa shape index (κ3) is 9.04. The number of hydrogen-bond donors (Lipinski definition) is 0. The highest BCUT2D eigenvalue weighted by molar-refractivity contribution is 7.89. The maximum atomic E-state index is 14.0. The molecule has 1 heterocycles. The van der Waals surface area contributed by atoms with Crippen LogP contribution in [0.4, 0.5) is 0 Å². The summed E-state index contributed by atoms with van der Waals surface area (Å²) in [6.45, 7) is 3.48. The van der Waals surface area contributed by atoms with Crippen LogP contribution in [0.2, 0.25) is 0 Å². The Balaban J connectivity index is 1.44. The van der Waals surface area contributed by atoms with Crippen LogP contribution in [0.5, 0.6) is 5.75 Å². The first-order valence-corrected chi connectivity index (χ1v) is 17.1. The first-order chi connectivity index (χ1) is 20.3.